The first-order valence-corrected chi connectivity index (χ1v) is 13.1. The molecule has 11 heteroatoms. The Morgan fingerprint density at radius 2 is 1.82 bits per heavy atom. The second-order valence-electron chi connectivity index (χ2n) is 10.2. The van der Waals surface area contributed by atoms with Crippen molar-refractivity contribution in [2.75, 3.05) is 18.0 Å². The topological polar surface area (TPSA) is 93.4 Å². The maximum Gasteiger partial charge on any atom is 0.387 e. The number of halogens is 3. The van der Waals surface area contributed by atoms with Crippen molar-refractivity contribution >= 4 is 34.6 Å². The maximum absolute atomic E-state index is 13.0. The number of hydrogen-bond donors (Lipinski definition) is 1. The molecule has 2 aromatic carbocycles. The zero-order chi connectivity index (χ0) is 27.3. The number of fused-ring (bicyclic) bond motifs is 3. The molecule has 1 N–H and O–H groups in total. The highest BCUT2D eigenvalue weighted by molar-refractivity contribution is 6.30. The van der Waals surface area contributed by atoms with Crippen molar-refractivity contribution in [1.82, 2.24) is 19.5 Å². The lowest BCUT2D eigenvalue weighted by molar-refractivity contribution is -0.144. The van der Waals surface area contributed by atoms with E-state index in [1.807, 2.05) is 29.7 Å². The Hall–Kier alpha value is -3.79. The molecule has 1 aliphatic heterocycles. The van der Waals surface area contributed by atoms with Gasteiger partial charge in [0.15, 0.2) is 0 Å². The summed E-state index contributed by atoms with van der Waals surface area (Å²) >= 11 is 6.15. The monoisotopic (exact) mass is 553 g/mol. The minimum Gasteiger partial charge on any atom is -0.481 e. The fourth-order valence-corrected chi connectivity index (χ4v) is 6.29. The fourth-order valence-electron chi connectivity index (χ4n) is 6.10. The van der Waals surface area contributed by atoms with Crippen LogP contribution in [0, 0.1) is 24.7 Å². The molecule has 2 aromatic heterocycles. The Balaban J connectivity index is 1.27. The van der Waals surface area contributed by atoms with Gasteiger partial charge in [-0.2, -0.15) is 8.78 Å². The van der Waals surface area contributed by atoms with Crippen LogP contribution in [0.1, 0.15) is 24.2 Å². The lowest BCUT2D eigenvalue weighted by atomic mass is 9.85. The molecule has 0 spiro atoms. The molecule has 2 bridgehead atoms. The molecule has 0 amide bonds. The first-order chi connectivity index (χ1) is 18.8. The zero-order valence-corrected chi connectivity index (χ0v) is 21.9. The molecule has 1 aliphatic carbocycles. The van der Waals surface area contributed by atoms with E-state index < -0.39 is 12.6 Å². The zero-order valence-electron chi connectivity index (χ0n) is 21.1. The van der Waals surface area contributed by atoms with Crippen LogP contribution >= 0.6 is 11.6 Å². The largest absolute Gasteiger partial charge is 0.481 e. The van der Waals surface area contributed by atoms with E-state index in [0.717, 1.165) is 40.8 Å². The van der Waals surface area contributed by atoms with Gasteiger partial charge in [-0.05, 0) is 67.5 Å². The third-order valence-electron chi connectivity index (χ3n) is 7.88. The second-order valence-corrected chi connectivity index (χ2v) is 10.7. The molecule has 4 aromatic rings. The second kappa shape index (κ2) is 10.1. The molecule has 39 heavy (non-hydrogen) atoms. The van der Waals surface area contributed by atoms with Gasteiger partial charge in [0.05, 0.1) is 23.5 Å². The van der Waals surface area contributed by atoms with Gasteiger partial charge in [0.1, 0.15) is 11.6 Å². The molecule has 8 nitrogen and oxygen atoms in total. The fraction of sp³-hybridized carbons (Fsp3) is 0.357. The molecular weight excluding hydrogens is 528 g/mol. The predicted octanol–water partition coefficient (Wildman–Crippen LogP) is 5.65. The summed E-state index contributed by atoms with van der Waals surface area (Å²) in [6.45, 7) is 0.462. The van der Waals surface area contributed by atoms with E-state index in [1.54, 1.807) is 18.5 Å². The van der Waals surface area contributed by atoms with Crippen molar-refractivity contribution in [1.29, 1.82) is 0 Å². The number of hydrogen-bond acceptors (Lipinski definition) is 6. The van der Waals surface area contributed by atoms with E-state index in [0.29, 0.717) is 29.6 Å². The van der Waals surface area contributed by atoms with Crippen LogP contribution in [-0.2, 0) is 11.3 Å². The Morgan fingerprint density at radius 3 is 2.49 bits per heavy atom. The van der Waals surface area contributed by atoms with Gasteiger partial charge in [0, 0.05) is 41.6 Å². The Morgan fingerprint density at radius 1 is 1.10 bits per heavy atom. The number of aromatic nitrogens is 4. The molecule has 0 radical (unpaired) electrons. The average molecular weight is 554 g/mol. The minimum absolute atomic E-state index is 0.0663. The van der Waals surface area contributed by atoms with Gasteiger partial charge in [-0.1, -0.05) is 17.7 Å². The number of carboxylic acids is 1. The van der Waals surface area contributed by atoms with Crippen molar-refractivity contribution in [3.8, 4) is 16.9 Å². The van der Waals surface area contributed by atoms with E-state index >= 15 is 0 Å². The van der Waals surface area contributed by atoms with Gasteiger partial charge < -0.3 is 19.3 Å². The highest BCUT2D eigenvalue weighted by Gasteiger charge is 2.46. The maximum atomic E-state index is 13.0. The molecule has 1 saturated carbocycles. The molecule has 3 heterocycles. The van der Waals surface area contributed by atoms with Gasteiger partial charge in [0.25, 0.3) is 0 Å². The predicted molar refractivity (Wildman–Crippen MR) is 142 cm³/mol. The minimum atomic E-state index is -2.95. The lowest BCUT2D eigenvalue weighted by Crippen LogP contribution is -2.45. The number of imidazole rings is 1. The number of ether oxygens (including phenoxy) is 1. The van der Waals surface area contributed by atoms with Crippen LogP contribution in [0.5, 0.6) is 5.75 Å². The number of carboxylic acid groups (broad SMARTS) is 1. The number of anilines is 1. The Kier molecular flexibility index (Phi) is 6.58. The highest BCUT2D eigenvalue weighted by Crippen LogP contribution is 2.42. The smallest absolute Gasteiger partial charge is 0.387 e. The van der Waals surface area contributed by atoms with Crippen molar-refractivity contribution in [2.45, 2.75) is 32.9 Å². The van der Waals surface area contributed by atoms with Crippen molar-refractivity contribution in [3.63, 3.8) is 0 Å². The summed E-state index contributed by atoms with van der Waals surface area (Å²) in [5.74, 6) is 0.673. The average Bonchev–Trinajstić information content (AvgIpc) is 3.37. The van der Waals surface area contributed by atoms with Crippen molar-refractivity contribution in [2.24, 2.45) is 17.8 Å². The van der Waals surface area contributed by atoms with Crippen molar-refractivity contribution in [3.05, 3.63) is 65.2 Å². The summed E-state index contributed by atoms with van der Waals surface area (Å²) in [6, 6.07) is 10.4. The first kappa shape index (κ1) is 25.5. The van der Waals surface area contributed by atoms with Crippen LogP contribution in [-0.4, -0.2) is 50.3 Å². The highest BCUT2D eigenvalue weighted by atomic mass is 35.5. The quantitative estimate of drug-likeness (QED) is 0.316. The summed E-state index contributed by atoms with van der Waals surface area (Å²) in [5.41, 5.74) is 3.81. The van der Waals surface area contributed by atoms with Crippen LogP contribution in [0.2, 0.25) is 5.02 Å². The molecule has 0 unspecified atom stereocenters. The summed E-state index contributed by atoms with van der Waals surface area (Å²) in [4.78, 5) is 27.6. The number of aryl methyl sites for hydroxylation is 1. The van der Waals surface area contributed by atoms with Crippen LogP contribution < -0.4 is 9.64 Å². The first-order valence-electron chi connectivity index (χ1n) is 12.8. The summed E-state index contributed by atoms with van der Waals surface area (Å²) in [6.07, 6.45) is 5.39. The standard InChI is InChI=1S/C28H26ClF2N5O3/c1-15-34-22-6-4-16(9-23(22)36(15)14-19-8-21(29)5-7-24(19)39-27(30)31)20-10-32-28(33-11-20)35-12-17-2-3-18(13-35)25(17)26(37)38/h4-11,17-18,25,27H,2-3,12-14H2,1H3,(H,37,38)/t17-,18+,25+. The van der Waals surface area contributed by atoms with Crippen LogP contribution in [0.25, 0.3) is 22.2 Å². The summed E-state index contributed by atoms with van der Waals surface area (Å²) < 4.78 is 32.6. The van der Waals surface area contributed by atoms with E-state index in [-0.39, 0.29) is 30.0 Å². The molecule has 3 atom stereocenters. The van der Waals surface area contributed by atoms with E-state index in [2.05, 4.69) is 19.9 Å². The van der Waals surface area contributed by atoms with Crippen LogP contribution in [0.3, 0.4) is 0 Å². The third-order valence-corrected chi connectivity index (χ3v) is 8.11. The van der Waals surface area contributed by atoms with E-state index in [4.69, 9.17) is 16.3 Å². The van der Waals surface area contributed by atoms with E-state index in [9.17, 15) is 18.7 Å². The van der Waals surface area contributed by atoms with Crippen molar-refractivity contribution < 1.29 is 23.4 Å². The van der Waals surface area contributed by atoms with Gasteiger partial charge >= 0.3 is 12.6 Å². The van der Waals surface area contributed by atoms with Gasteiger partial charge in [-0.3, -0.25) is 4.79 Å². The molecular formula is C28H26ClF2N5O3. The number of benzene rings is 2. The number of carbonyl (C=O) groups is 1. The van der Waals surface area contributed by atoms with Gasteiger partial charge in [-0.25, -0.2) is 15.0 Å². The Bertz CT molecular complexity index is 1530. The van der Waals surface area contributed by atoms with Gasteiger partial charge in [0.2, 0.25) is 5.95 Å². The number of rotatable bonds is 7. The summed E-state index contributed by atoms with van der Waals surface area (Å²) in [5, 5.41) is 10.0. The number of piperidine rings is 1. The normalized spacial score (nSPS) is 20.6. The third kappa shape index (κ3) is 4.89. The number of nitrogens with zero attached hydrogens (tertiary/aromatic N) is 5. The number of aliphatic carboxylic acids is 1. The van der Waals surface area contributed by atoms with Gasteiger partial charge in [-0.15, -0.1) is 0 Å². The van der Waals surface area contributed by atoms with Crippen LogP contribution in [0.15, 0.2) is 48.8 Å². The molecule has 202 valence electrons. The Labute approximate surface area is 228 Å². The molecule has 2 fully saturated rings. The number of alkyl halides is 2. The SMILES string of the molecule is Cc1nc2ccc(-c3cnc(N4C[C@H]5CC[C@@H](C4)[C@H]5C(=O)O)nc3)cc2n1Cc1cc(Cl)ccc1OC(F)F. The molecule has 2 aliphatic rings. The summed E-state index contributed by atoms with van der Waals surface area (Å²) in [7, 11) is 0. The van der Waals surface area contributed by atoms with E-state index in [1.165, 1.54) is 12.1 Å². The van der Waals surface area contributed by atoms with Crippen LogP contribution in [0.4, 0.5) is 14.7 Å². The molecule has 1 saturated heterocycles. The lowest BCUT2D eigenvalue weighted by Gasteiger charge is -2.35. The molecule has 6 rings (SSSR count).